The molecule has 2 aromatic carbocycles. The SMILES string of the molecule is COCCn1cc(Nc2ncc(CNCc3ccccc3)c(Nc3cccc(NC(=O)/C=C/CN(C)C)c3)n2)cn1. The molecule has 2 heterocycles. The van der Waals surface area contributed by atoms with Crippen molar-refractivity contribution in [2.75, 3.05) is 50.3 Å². The third-order valence-electron chi connectivity index (χ3n) is 5.90. The average Bonchev–Trinajstić information content (AvgIpc) is 3.40. The molecule has 0 bridgehead atoms. The summed E-state index contributed by atoms with van der Waals surface area (Å²) in [4.78, 5) is 23.6. The number of hydrogen-bond acceptors (Lipinski definition) is 9. The maximum atomic E-state index is 12.3. The van der Waals surface area contributed by atoms with Crippen LogP contribution in [0.1, 0.15) is 11.1 Å². The Morgan fingerprint density at radius 2 is 1.83 bits per heavy atom. The van der Waals surface area contributed by atoms with Gasteiger partial charge in [0.2, 0.25) is 11.9 Å². The predicted octanol–water partition coefficient (Wildman–Crippen LogP) is 4.15. The van der Waals surface area contributed by atoms with Gasteiger partial charge in [-0.05, 0) is 37.9 Å². The van der Waals surface area contributed by atoms with Crippen molar-refractivity contribution in [2.24, 2.45) is 0 Å². The monoisotopic (exact) mass is 555 g/mol. The molecule has 0 unspecified atom stereocenters. The molecular formula is C30H37N9O2. The van der Waals surface area contributed by atoms with Crippen molar-refractivity contribution >= 4 is 34.7 Å². The molecule has 4 N–H and O–H groups in total. The summed E-state index contributed by atoms with van der Waals surface area (Å²) in [6, 6.07) is 17.7. The molecule has 4 rings (SSSR count). The zero-order valence-corrected chi connectivity index (χ0v) is 23.7. The number of anilines is 5. The highest BCUT2D eigenvalue weighted by Gasteiger charge is 2.10. The first-order chi connectivity index (χ1) is 20.0. The summed E-state index contributed by atoms with van der Waals surface area (Å²) in [7, 11) is 5.56. The van der Waals surface area contributed by atoms with Crippen LogP contribution in [0.5, 0.6) is 0 Å². The minimum atomic E-state index is -0.186. The van der Waals surface area contributed by atoms with Crippen LogP contribution >= 0.6 is 0 Å². The second-order valence-electron chi connectivity index (χ2n) is 9.63. The third kappa shape index (κ3) is 9.84. The number of benzene rings is 2. The molecule has 41 heavy (non-hydrogen) atoms. The van der Waals surface area contributed by atoms with Crippen molar-refractivity contribution in [2.45, 2.75) is 19.6 Å². The summed E-state index contributed by atoms with van der Waals surface area (Å²) in [5.74, 6) is 0.889. The van der Waals surface area contributed by atoms with Gasteiger partial charge in [0, 0.05) is 62.2 Å². The molecule has 0 atom stereocenters. The lowest BCUT2D eigenvalue weighted by Gasteiger charge is -2.14. The fourth-order valence-electron chi connectivity index (χ4n) is 3.87. The molecule has 0 saturated carbocycles. The minimum Gasteiger partial charge on any atom is -0.383 e. The number of likely N-dealkylation sites (N-methyl/N-ethyl adjacent to an activating group) is 1. The second kappa shape index (κ2) is 15.3. The highest BCUT2D eigenvalue weighted by atomic mass is 16.5. The Morgan fingerprint density at radius 3 is 2.63 bits per heavy atom. The molecule has 0 fully saturated rings. The molecule has 0 aliphatic heterocycles. The molecule has 214 valence electrons. The second-order valence-corrected chi connectivity index (χ2v) is 9.63. The van der Waals surface area contributed by atoms with Crippen LogP contribution in [0.2, 0.25) is 0 Å². The molecule has 1 amide bonds. The molecule has 2 aromatic heterocycles. The summed E-state index contributed by atoms with van der Waals surface area (Å²) in [5, 5.41) is 17.3. The summed E-state index contributed by atoms with van der Waals surface area (Å²) in [5.41, 5.74) is 4.31. The maximum Gasteiger partial charge on any atom is 0.248 e. The van der Waals surface area contributed by atoms with Crippen LogP contribution in [0.4, 0.5) is 28.8 Å². The Bertz CT molecular complexity index is 1420. The van der Waals surface area contributed by atoms with E-state index in [1.54, 1.807) is 24.2 Å². The normalized spacial score (nSPS) is 11.2. The fourth-order valence-corrected chi connectivity index (χ4v) is 3.87. The molecular weight excluding hydrogens is 518 g/mol. The van der Waals surface area contributed by atoms with Crippen molar-refractivity contribution in [1.29, 1.82) is 0 Å². The van der Waals surface area contributed by atoms with Gasteiger partial charge in [0.15, 0.2) is 0 Å². The molecule has 4 aromatic rings. The number of nitrogens with one attached hydrogen (secondary N) is 4. The van der Waals surface area contributed by atoms with Gasteiger partial charge in [0.05, 0.1) is 25.0 Å². The van der Waals surface area contributed by atoms with Gasteiger partial charge < -0.3 is 30.9 Å². The van der Waals surface area contributed by atoms with Crippen LogP contribution in [0.15, 0.2) is 85.3 Å². The van der Waals surface area contributed by atoms with Gasteiger partial charge in [-0.3, -0.25) is 9.48 Å². The average molecular weight is 556 g/mol. The Morgan fingerprint density at radius 1 is 1.00 bits per heavy atom. The van der Waals surface area contributed by atoms with Crippen LogP contribution < -0.4 is 21.3 Å². The molecule has 11 heteroatoms. The predicted molar refractivity (Wildman–Crippen MR) is 162 cm³/mol. The summed E-state index contributed by atoms with van der Waals surface area (Å²) < 4.78 is 6.92. The van der Waals surface area contributed by atoms with Crippen molar-refractivity contribution in [3.63, 3.8) is 0 Å². The van der Waals surface area contributed by atoms with Crippen molar-refractivity contribution in [3.05, 3.63) is 96.5 Å². The van der Waals surface area contributed by atoms with Gasteiger partial charge in [-0.1, -0.05) is 42.5 Å². The van der Waals surface area contributed by atoms with E-state index in [4.69, 9.17) is 9.72 Å². The van der Waals surface area contributed by atoms with E-state index in [0.29, 0.717) is 50.2 Å². The third-order valence-corrected chi connectivity index (χ3v) is 5.90. The highest BCUT2D eigenvalue weighted by molar-refractivity contribution is 5.99. The smallest absolute Gasteiger partial charge is 0.248 e. The Hall–Kier alpha value is -4.58. The summed E-state index contributed by atoms with van der Waals surface area (Å²) in [6.45, 7) is 3.18. The number of carbonyl (C=O) groups excluding carboxylic acids is 1. The zero-order valence-electron chi connectivity index (χ0n) is 23.7. The van der Waals surface area contributed by atoms with E-state index in [1.165, 1.54) is 11.6 Å². The number of ether oxygens (including phenoxy) is 1. The lowest BCUT2D eigenvalue weighted by Crippen LogP contribution is -2.15. The van der Waals surface area contributed by atoms with Gasteiger partial charge in [-0.25, -0.2) is 4.98 Å². The Kier molecular flexibility index (Phi) is 11.0. The van der Waals surface area contributed by atoms with Crippen LogP contribution in [0.3, 0.4) is 0 Å². The van der Waals surface area contributed by atoms with Crippen LogP contribution in [-0.4, -0.2) is 64.9 Å². The highest BCUT2D eigenvalue weighted by Crippen LogP contribution is 2.24. The van der Waals surface area contributed by atoms with Gasteiger partial charge in [0.1, 0.15) is 5.82 Å². The van der Waals surface area contributed by atoms with Gasteiger partial charge in [-0.15, -0.1) is 0 Å². The maximum absolute atomic E-state index is 12.3. The minimum absolute atomic E-state index is 0.186. The summed E-state index contributed by atoms with van der Waals surface area (Å²) >= 11 is 0. The number of methoxy groups -OCH3 is 1. The number of rotatable bonds is 15. The lowest BCUT2D eigenvalue weighted by molar-refractivity contribution is -0.111. The van der Waals surface area contributed by atoms with E-state index >= 15 is 0 Å². The molecule has 0 radical (unpaired) electrons. The first kappa shape index (κ1) is 29.4. The van der Waals surface area contributed by atoms with Gasteiger partial charge in [0.25, 0.3) is 0 Å². The van der Waals surface area contributed by atoms with E-state index < -0.39 is 0 Å². The Labute approximate surface area is 240 Å². The van der Waals surface area contributed by atoms with Crippen molar-refractivity contribution in [3.8, 4) is 0 Å². The fraction of sp³-hybridized carbons (Fsp3) is 0.267. The first-order valence-corrected chi connectivity index (χ1v) is 13.4. The number of carbonyl (C=O) groups is 1. The van der Waals surface area contributed by atoms with Gasteiger partial charge in [-0.2, -0.15) is 10.1 Å². The standard InChI is InChI=1S/C30H37N9O2/c1-38(2)14-8-13-28(40)34-25-11-7-12-26(17-25)35-29-24(19-31-18-23-9-5-4-6-10-23)20-32-30(37-29)36-27-21-33-39(22-27)15-16-41-3/h4-13,17,20-22,31H,14-16,18-19H2,1-3H3,(H,34,40)(H2,32,35,36,37)/b13-8+. The Balaban J connectivity index is 1.49. The summed E-state index contributed by atoms with van der Waals surface area (Å²) in [6.07, 6.45) is 8.76. The number of amides is 1. The molecule has 0 spiro atoms. The van der Waals surface area contributed by atoms with E-state index in [2.05, 4.69) is 43.5 Å². The van der Waals surface area contributed by atoms with E-state index in [0.717, 1.165) is 16.9 Å². The number of nitrogens with zero attached hydrogens (tertiary/aromatic N) is 5. The number of hydrogen-bond donors (Lipinski definition) is 4. The van der Waals surface area contributed by atoms with Crippen LogP contribution in [0, 0.1) is 0 Å². The molecule has 0 saturated heterocycles. The van der Waals surface area contributed by atoms with E-state index in [1.807, 2.05) is 73.7 Å². The lowest BCUT2D eigenvalue weighted by atomic mass is 10.2. The first-order valence-electron chi connectivity index (χ1n) is 13.4. The topological polar surface area (TPSA) is 121 Å². The largest absolute Gasteiger partial charge is 0.383 e. The molecule has 11 nitrogen and oxygen atoms in total. The van der Waals surface area contributed by atoms with Gasteiger partial charge >= 0.3 is 0 Å². The van der Waals surface area contributed by atoms with E-state index in [9.17, 15) is 4.79 Å². The molecule has 0 aliphatic carbocycles. The molecule has 0 aliphatic rings. The van der Waals surface area contributed by atoms with Crippen molar-refractivity contribution < 1.29 is 9.53 Å². The van der Waals surface area contributed by atoms with Crippen LogP contribution in [-0.2, 0) is 29.2 Å². The quantitative estimate of drug-likeness (QED) is 0.160. The number of aromatic nitrogens is 4. The van der Waals surface area contributed by atoms with E-state index in [-0.39, 0.29) is 5.91 Å². The van der Waals surface area contributed by atoms with Crippen LogP contribution in [0.25, 0.3) is 0 Å². The zero-order chi connectivity index (χ0) is 28.9. The van der Waals surface area contributed by atoms with Crippen molar-refractivity contribution in [1.82, 2.24) is 30.0 Å².